The van der Waals surface area contributed by atoms with Crippen molar-refractivity contribution in [1.82, 2.24) is 5.32 Å². The Morgan fingerprint density at radius 3 is 2.79 bits per heavy atom. The second-order valence-corrected chi connectivity index (χ2v) is 7.06. The normalized spacial score (nSPS) is 17.5. The lowest BCUT2D eigenvalue weighted by Crippen LogP contribution is -2.34. The van der Waals surface area contributed by atoms with Gasteiger partial charge in [-0.05, 0) is 30.9 Å². The molecule has 0 bridgehead atoms. The minimum absolute atomic E-state index is 0.0591. The molecule has 1 fully saturated rings. The number of carbonyl (C=O) groups is 2. The number of rotatable bonds is 6. The SMILES string of the molecule is COc1cc(Cl)c(C)cc1N1CC(C(=O)NCCC(C)C)CC1=O. The number of hydrogen-bond donors (Lipinski definition) is 1. The first-order chi connectivity index (χ1) is 11.3. The predicted molar refractivity (Wildman–Crippen MR) is 95.7 cm³/mol. The molecule has 1 saturated heterocycles. The summed E-state index contributed by atoms with van der Waals surface area (Å²) in [6.45, 7) is 7.11. The number of benzene rings is 1. The maximum Gasteiger partial charge on any atom is 0.227 e. The van der Waals surface area contributed by atoms with Crippen molar-refractivity contribution in [3.8, 4) is 5.75 Å². The minimum Gasteiger partial charge on any atom is -0.495 e. The molecule has 2 amide bonds. The molecule has 1 unspecified atom stereocenters. The van der Waals surface area contributed by atoms with Gasteiger partial charge in [0.25, 0.3) is 0 Å². The molecule has 0 radical (unpaired) electrons. The third-order valence-electron chi connectivity index (χ3n) is 4.27. The van der Waals surface area contributed by atoms with E-state index in [4.69, 9.17) is 16.3 Å². The highest BCUT2D eigenvalue weighted by atomic mass is 35.5. The van der Waals surface area contributed by atoms with E-state index in [1.54, 1.807) is 18.1 Å². The fourth-order valence-electron chi connectivity index (χ4n) is 2.77. The Kier molecular flexibility index (Phi) is 6.10. The van der Waals surface area contributed by atoms with Crippen LogP contribution >= 0.6 is 11.6 Å². The fourth-order valence-corrected chi connectivity index (χ4v) is 2.92. The lowest BCUT2D eigenvalue weighted by atomic mass is 10.1. The summed E-state index contributed by atoms with van der Waals surface area (Å²) in [5, 5.41) is 3.52. The van der Waals surface area contributed by atoms with Crippen LogP contribution in [0.4, 0.5) is 5.69 Å². The van der Waals surface area contributed by atoms with E-state index in [9.17, 15) is 9.59 Å². The van der Waals surface area contributed by atoms with Crippen molar-refractivity contribution >= 4 is 29.1 Å². The molecular formula is C18H25ClN2O3. The molecule has 0 saturated carbocycles. The van der Waals surface area contributed by atoms with Gasteiger partial charge in [-0.3, -0.25) is 9.59 Å². The zero-order valence-electron chi connectivity index (χ0n) is 14.7. The average Bonchev–Trinajstić information content (AvgIpc) is 2.91. The summed E-state index contributed by atoms with van der Waals surface area (Å²) >= 11 is 6.12. The van der Waals surface area contributed by atoms with Gasteiger partial charge in [0.2, 0.25) is 11.8 Å². The smallest absolute Gasteiger partial charge is 0.227 e. The van der Waals surface area contributed by atoms with Gasteiger partial charge in [-0.1, -0.05) is 25.4 Å². The van der Waals surface area contributed by atoms with Crippen LogP contribution in [0.15, 0.2) is 12.1 Å². The first kappa shape index (κ1) is 18.6. The summed E-state index contributed by atoms with van der Waals surface area (Å²) in [6.07, 6.45) is 1.15. The summed E-state index contributed by atoms with van der Waals surface area (Å²) < 4.78 is 5.35. The number of carbonyl (C=O) groups excluding carboxylic acids is 2. The van der Waals surface area contributed by atoms with Crippen molar-refractivity contribution in [2.24, 2.45) is 11.8 Å². The third-order valence-corrected chi connectivity index (χ3v) is 4.67. The van der Waals surface area contributed by atoms with Crippen molar-refractivity contribution < 1.29 is 14.3 Å². The second-order valence-electron chi connectivity index (χ2n) is 6.65. The van der Waals surface area contributed by atoms with E-state index in [1.807, 2.05) is 13.0 Å². The van der Waals surface area contributed by atoms with Crippen molar-refractivity contribution in [3.63, 3.8) is 0 Å². The number of halogens is 1. The number of nitrogens with zero attached hydrogens (tertiary/aromatic N) is 1. The van der Waals surface area contributed by atoms with Crippen LogP contribution in [-0.2, 0) is 9.59 Å². The van der Waals surface area contributed by atoms with Crippen LogP contribution in [0.5, 0.6) is 5.75 Å². The number of methoxy groups -OCH3 is 1. The molecule has 1 heterocycles. The molecule has 1 aliphatic rings. The van der Waals surface area contributed by atoms with Gasteiger partial charge in [0.05, 0.1) is 18.7 Å². The van der Waals surface area contributed by atoms with Crippen molar-refractivity contribution in [1.29, 1.82) is 0 Å². The molecule has 1 aliphatic heterocycles. The van der Waals surface area contributed by atoms with E-state index in [0.717, 1.165) is 12.0 Å². The van der Waals surface area contributed by atoms with Crippen LogP contribution in [0.25, 0.3) is 0 Å². The lowest BCUT2D eigenvalue weighted by molar-refractivity contribution is -0.126. The molecular weight excluding hydrogens is 328 g/mol. The van der Waals surface area contributed by atoms with Gasteiger partial charge in [0.1, 0.15) is 5.75 Å². The van der Waals surface area contributed by atoms with Crippen LogP contribution in [0.3, 0.4) is 0 Å². The van der Waals surface area contributed by atoms with Gasteiger partial charge in [-0.15, -0.1) is 0 Å². The van der Waals surface area contributed by atoms with Gasteiger partial charge < -0.3 is 15.0 Å². The van der Waals surface area contributed by atoms with Gasteiger partial charge >= 0.3 is 0 Å². The fraction of sp³-hybridized carbons (Fsp3) is 0.556. The van der Waals surface area contributed by atoms with Gasteiger partial charge in [-0.2, -0.15) is 0 Å². The number of amides is 2. The predicted octanol–water partition coefficient (Wildman–Crippen LogP) is 3.17. The highest BCUT2D eigenvalue weighted by molar-refractivity contribution is 6.31. The van der Waals surface area contributed by atoms with E-state index < -0.39 is 0 Å². The van der Waals surface area contributed by atoms with E-state index in [0.29, 0.717) is 35.5 Å². The van der Waals surface area contributed by atoms with Crippen LogP contribution in [0, 0.1) is 18.8 Å². The van der Waals surface area contributed by atoms with Crippen LogP contribution in [0.1, 0.15) is 32.3 Å². The maximum atomic E-state index is 12.4. The average molecular weight is 353 g/mol. The zero-order chi connectivity index (χ0) is 17.9. The zero-order valence-corrected chi connectivity index (χ0v) is 15.4. The summed E-state index contributed by atoms with van der Waals surface area (Å²) in [5.74, 6) is 0.619. The highest BCUT2D eigenvalue weighted by Gasteiger charge is 2.36. The molecule has 1 N–H and O–H groups in total. The monoisotopic (exact) mass is 352 g/mol. The first-order valence-corrected chi connectivity index (χ1v) is 8.63. The largest absolute Gasteiger partial charge is 0.495 e. The maximum absolute atomic E-state index is 12.4. The number of aryl methyl sites for hydroxylation is 1. The number of ether oxygens (including phenoxy) is 1. The van der Waals surface area contributed by atoms with Crippen LogP contribution in [-0.4, -0.2) is 32.0 Å². The van der Waals surface area contributed by atoms with Crippen LogP contribution < -0.4 is 15.0 Å². The Morgan fingerprint density at radius 2 is 2.17 bits per heavy atom. The molecule has 132 valence electrons. The Labute approximate surface area is 148 Å². The molecule has 0 spiro atoms. The lowest BCUT2D eigenvalue weighted by Gasteiger charge is -2.20. The van der Waals surface area contributed by atoms with Gasteiger partial charge in [0, 0.05) is 30.6 Å². The standard InChI is InChI=1S/C18H25ClN2O3/c1-11(2)5-6-20-18(23)13-8-17(22)21(10-13)15-7-12(3)14(19)9-16(15)24-4/h7,9,11,13H,5-6,8,10H2,1-4H3,(H,20,23). The van der Waals surface area contributed by atoms with E-state index in [-0.39, 0.29) is 24.2 Å². The van der Waals surface area contributed by atoms with E-state index >= 15 is 0 Å². The summed E-state index contributed by atoms with van der Waals surface area (Å²) in [7, 11) is 1.54. The summed E-state index contributed by atoms with van der Waals surface area (Å²) in [4.78, 5) is 26.3. The Balaban J connectivity index is 2.10. The first-order valence-electron chi connectivity index (χ1n) is 8.25. The van der Waals surface area contributed by atoms with Gasteiger partial charge in [-0.25, -0.2) is 0 Å². The van der Waals surface area contributed by atoms with E-state index in [1.165, 1.54) is 0 Å². The summed E-state index contributed by atoms with van der Waals surface area (Å²) in [6, 6.07) is 3.54. The third kappa shape index (κ3) is 4.20. The molecule has 1 aromatic carbocycles. The van der Waals surface area contributed by atoms with Crippen molar-refractivity contribution in [2.75, 3.05) is 25.1 Å². The topological polar surface area (TPSA) is 58.6 Å². The number of hydrogen-bond acceptors (Lipinski definition) is 3. The molecule has 6 heteroatoms. The molecule has 0 aromatic heterocycles. The molecule has 2 rings (SSSR count). The Morgan fingerprint density at radius 1 is 1.46 bits per heavy atom. The second kappa shape index (κ2) is 7.88. The van der Waals surface area contributed by atoms with E-state index in [2.05, 4.69) is 19.2 Å². The van der Waals surface area contributed by atoms with Gasteiger partial charge in [0.15, 0.2) is 0 Å². The minimum atomic E-state index is -0.328. The molecule has 1 atom stereocenters. The Hall–Kier alpha value is -1.75. The quantitative estimate of drug-likeness (QED) is 0.855. The number of nitrogens with one attached hydrogen (secondary N) is 1. The number of anilines is 1. The Bertz CT molecular complexity index is 631. The van der Waals surface area contributed by atoms with Crippen LogP contribution in [0.2, 0.25) is 5.02 Å². The highest BCUT2D eigenvalue weighted by Crippen LogP contribution is 2.36. The van der Waals surface area contributed by atoms with Crippen molar-refractivity contribution in [3.05, 3.63) is 22.7 Å². The summed E-state index contributed by atoms with van der Waals surface area (Å²) in [5.41, 5.74) is 1.53. The van der Waals surface area contributed by atoms with Crippen molar-refractivity contribution in [2.45, 2.75) is 33.6 Å². The molecule has 5 nitrogen and oxygen atoms in total. The molecule has 1 aromatic rings. The molecule has 0 aliphatic carbocycles. The molecule has 24 heavy (non-hydrogen) atoms.